The Morgan fingerprint density at radius 3 is 2.59 bits per heavy atom. The van der Waals surface area contributed by atoms with Crippen molar-refractivity contribution in [2.75, 3.05) is 17.2 Å². The van der Waals surface area contributed by atoms with E-state index in [0.29, 0.717) is 34.8 Å². The van der Waals surface area contributed by atoms with Crippen LogP contribution in [0.3, 0.4) is 0 Å². The number of benzene rings is 1. The molecule has 41 heavy (non-hydrogen) atoms. The minimum Gasteiger partial charge on any atom is -0.388 e. The maximum absolute atomic E-state index is 12.1. The van der Waals surface area contributed by atoms with Gasteiger partial charge in [0.1, 0.15) is 11.4 Å². The summed E-state index contributed by atoms with van der Waals surface area (Å²) in [5.74, 6) is 3.28. The first-order valence-electron chi connectivity index (χ1n) is 14.6. The SMILES string of the molecule is C#CC1CCC(CN(c2c(N)nc(-c3n[nH]c(=O)o3)nc2-c2cccc(Cl)c2)C(C)C(C)(O)C2CCCCC2)CC1. The van der Waals surface area contributed by atoms with Crippen LogP contribution in [0.5, 0.6) is 0 Å². The second kappa shape index (κ2) is 12.3. The van der Waals surface area contributed by atoms with Gasteiger partial charge < -0.3 is 20.2 Å². The third-order valence-electron chi connectivity index (χ3n) is 9.21. The average molecular weight is 579 g/mol. The van der Waals surface area contributed by atoms with Crippen LogP contribution in [-0.4, -0.2) is 43.5 Å². The zero-order valence-corrected chi connectivity index (χ0v) is 24.5. The lowest BCUT2D eigenvalue weighted by Gasteiger charge is -2.47. The highest BCUT2D eigenvalue weighted by Crippen LogP contribution is 2.43. The fraction of sp³-hybridized carbons (Fsp3) is 0.548. The van der Waals surface area contributed by atoms with Crippen molar-refractivity contribution in [1.29, 1.82) is 0 Å². The Hall–Kier alpha value is -3.35. The number of hydrogen-bond donors (Lipinski definition) is 3. The number of hydrogen-bond acceptors (Lipinski definition) is 8. The van der Waals surface area contributed by atoms with Crippen molar-refractivity contribution in [3.05, 3.63) is 39.8 Å². The zero-order valence-electron chi connectivity index (χ0n) is 23.8. The molecule has 1 aromatic carbocycles. The fourth-order valence-corrected chi connectivity index (χ4v) is 6.78. The number of anilines is 2. The molecule has 0 amide bonds. The zero-order chi connectivity index (χ0) is 29.1. The van der Waals surface area contributed by atoms with Gasteiger partial charge in [0, 0.05) is 23.0 Å². The Morgan fingerprint density at radius 1 is 1.22 bits per heavy atom. The van der Waals surface area contributed by atoms with Crippen molar-refractivity contribution in [1.82, 2.24) is 20.2 Å². The summed E-state index contributed by atoms with van der Waals surface area (Å²) in [6.45, 7) is 4.70. The molecule has 0 bridgehead atoms. The van der Waals surface area contributed by atoms with Gasteiger partial charge in [-0.1, -0.05) is 43.0 Å². The molecule has 10 heteroatoms. The number of nitrogens with two attached hydrogens (primary N) is 1. The Labute approximate surface area is 245 Å². The number of terminal acetylenes is 1. The molecule has 2 atom stereocenters. The Bertz CT molecular complexity index is 1450. The van der Waals surface area contributed by atoms with Gasteiger partial charge in [-0.05, 0) is 76.3 Å². The average Bonchev–Trinajstić information content (AvgIpc) is 3.42. The molecule has 0 spiro atoms. The van der Waals surface area contributed by atoms with Gasteiger partial charge in [-0.2, -0.15) is 0 Å². The van der Waals surface area contributed by atoms with Crippen LogP contribution < -0.4 is 16.4 Å². The lowest BCUT2D eigenvalue weighted by molar-refractivity contribution is -0.0361. The van der Waals surface area contributed by atoms with Crippen molar-refractivity contribution >= 4 is 23.1 Å². The number of halogens is 1. The molecule has 5 rings (SSSR count). The Kier molecular flexibility index (Phi) is 8.71. The molecule has 2 saturated carbocycles. The van der Waals surface area contributed by atoms with Crippen molar-refractivity contribution in [3.63, 3.8) is 0 Å². The highest BCUT2D eigenvalue weighted by molar-refractivity contribution is 6.30. The lowest BCUT2D eigenvalue weighted by Crippen LogP contribution is -2.55. The van der Waals surface area contributed by atoms with Crippen LogP contribution in [0.4, 0.5) is 11.5 Å². The number of nitrogens with one attached hydrogen (secondary N) is 1. The first kappa shape index (κ1) is 29.2. The van der Waals surface area contributed by atoms with Crippen LogP contribution >= 0.6 is 11.6 Å². The molecular weight excluding hydrogens is 540 g/mol. The van der Waals surface area contributed by atoms with Crippen molar-refractivity contribution in [2.45, 2.75) is 83.3 Å². The third-order valence-corrected chi connectivity index (χ3v) is 9.44. The second-order valence-electron chi connectivity index (χ2n) is 11.8. The predicted octanol–water partition coefficient (Wildman–Crippen LogP) is 5.69. The molecule has 0 radical (unpaired) electrons. The minimum absolute atomic E-state index is 0.0575. The number of nitrogen functional groups attached to an aromatic ring is 1. The van der Waals surface area contributed by atoms with Crippen LogP contribution in [0.25, 0.3) is 23.0 Å². The smallest absolute Gasteiger partial charge is 0.388 e. The van der Waals surface area contributed by atoms with Gasteiger partial charge in [0.05, 0.1) is 11.6 Å². The molecule has 2 heterocycles. The van der Waals surface area contributed by atoms with E-state index in [1.807, 2.05) is 25.1 Å². The molecule has 2 aliphatic carbocycles. The summed E-state index contributed by atoms with van der Waals surface area (Å²) in [4.78, 5) is 23.3. The Morgan fingerprint density at radius 2 is 1.95 bits per heavy atom. The van der Waals surface area contributed by atoms with Crippen molar-refractivity contribution < 1.29 is 9.52 Å². The van der Waals surface area contributed by atoms with Gasteiger partial charge in [0.2, 0.25) is 5.82 Å². The molecule has 2 aliphatic rings. The van der Waals surface area contributed by atoms with Gasteiger partial charge in [-0.15, -0.1) is 17.4 Å². The monoisotopic (exact) mass is 578 g/mol. The first-order valence-corrected chi connectivity index (χ1v) is 15.0. The summed E-state index contributed by atoms with van der Waals surface area (Å²) in [5, 5.41) is 18.9. The minimum atomic E-state index is -0.984. The van der Waals surface area contributed by atoms with Gasteiger partial charge in [-0.3, -0.25) is 0 Å². The van der Waals surface area contributed by atoms with Gasteiger partial charge >= 0.3 is 5.76 Å². The summed E-state index contributed by atoms with van der Waals surface area (Å²) in [5.41, 5.74) is 7.66. The molecule has 9 nitrogen and oxygen atoms in total. The quantitative estimate of drug-likeness (QED) is 0.290. The summed E-state index contributed by atoms with van der Waals surface area (Å²) in [6, 6.07) is 7.07. The topological polar surface area (TPSA) is 134 Å². The third kappa shape index (κ3) is 6.29. The van der Waals surface area contributed by atoms with Crippen LogP contribution in [0, 0.1) is 30.1 Å². The number of aromatic nitrogens is 4. The van der Waals surface area contributed by atoms with Crippen LogP contribution in [0.2, 0.25) is 5.02 Å². The fourth-order valence-electron chi connectivity index (χ4n) is 6.59. The van der Waals surface area contributed by atoms with E-state index >= 15 is 0 Å². The maximum atomic E-state index is 12.1. The van der Waals surface area contributed by atoms with Gasteiger partial charge in [-0.25, -0.2) is 19.9 Å². The normalized spacial score (nSPS) is 22.0. The van der Waals surface area contributed by atoms with Crippen LogP contribution in [-0.2, 0) is 0 Å². The van der Waals surface area contributed by atoms with Crippen molar-refractivity contribution in [2.24, 2.45) is 17.8 Å². The number of aromatic amines is 1. The highest BCUT2D eigenvalue weighted by Gasteiger charge is 2.42. The molecule has 0 saturated heterocycles. The number of nitrogens with zero attached hydrogens (tertiary/aromatic N) is 4. The summed E-state index contributed by atoms with van der Waals surface area (Å²) in [7, 11) is 0. The molecule has 2 fully saturated rings. The van der Waals surface area contributed by atoms with E-state index in [1.165, 1.54) is 6.42 Å². The molecular formula is C31H39ClN6O3. The molecule has 0 aliphatic heterocycles. The number of H-pyrrole nitrogens is 1. The van der Waals surface area contributed by atoms with E-state index in [2.05, 4.69) is 32.9 Å². The van der Waals surface area contributed by atoms with Crippen LogP contribution in [0.15, 0.2) is 33.5 Å². The highest BCUT2D eigenvalue weighted by atomic mass is 35.5. The second-order valence-corrected chi connectivity index (χ2v) is 12.3. The van der Waals surface area contributed by atoms with Gasteiger partial charge in [0.15, 0.2) is 5.82 Å². The largest absolute Gasteiger partial charge is 0.434 e. The standard InChI is InChI=1S/C31H39ClN6O3/c1-4-20-13-15-21(16-14-20)18-38(19(2)31(3,40)23-10-6-5-7-11-23)26-25(22-9-8-12-24(32)17-22)34-28(35-27(26)33)29-36-37-30(39)41-29/h1,8-9,12,17,19-21,23,40H,5-7,10-11,13-16,18H2,2-3H3,(H,37,39)(H2,33,34,35). The van der Waals surface area contributed by atoms with Gasteiger partial charge in [0.25, 0.3) is 5.89 Å². The van der Waals surface area contributed by atoms with Crippen molar-refractivity contribution in [3.8, 4) is 35.3 Å². The van der Waals surface area contributed by atoms with E-state index in [0.717, 1.165) is 56.9 Å². The summed E-state index contributed by atoms with van der Waals surface area (Å²) >= 11 is 6.42. The van der Waals surface area contributed by atoms with E-state index in [-0.39, 0.29) is 29.5 Å². The van der Waals surface area contributed by atoms with E-state index in [1.54, 1.807) is 6.07 Å². The van der Waals surface area contributed by atoms with E-state index in [9.17, 15) is 9.90 Å². The molecule has 4 N–H and O–H groups in total. The van der Waals surface area contributed by atoms with E-state index < -0.39 is 11.4 Å². The maximum Gasteiger partial charge on any atom is 0.434 e. The van der Waals surface area contributed by atoms with E-state index in [4.69, 9.17) is 33.2 Å². The van der Waals surface area contributed by atoms with Crippen LogP contribution in [0.1, 0.15) is 71.6 Å². The number of rotatable bonds is 8. The molecule has 2 aromatic heterocycles. The molecule has 3 aromatic rings. The predicted molar refractivity (Wildman–Crippen MR) is 161 cm³/mol. The molecule has 218 valence electrons. The summed E-state index contributed by atoms with van der Waals surface area (Å²) < 4.78 is 5.16. The number of aliphatic hydroxyl groups is 1. The summed E-state index contributed by atoms with van der Waals surface area (Å²) in [6.07, 6.45) is 15.1. The first-order chi connectivity index (χ1) is 19.7. The Balaban J connectivity index is 1.63. The molecule has 2 unspecified atom stereocenters. The lowest BCUT2D eigenvalue weighted by atomic mass is 9.73.